The van der Waals surface area contributed by atoms with Crippen LogP contribution in [0.4, 0.5) is 0 Å². The van der Waals surface area contributed by atoms with E-state index in [1.54, 1.807) is 0 Å². The third kappa shape index (κ3) is 4.93. The number of H-pyrrole nitrogens is 2. The molecule has 1 aliphatic carbocycles. The zero-order chi connectivity index (χ0) is 16.8. The number of aromatic nitrogens is 3. The molecule has 0 unspecified atom stereocenters. The van der Waals surface area contributed by atoms with Crippen molar-refractivity contribution in [3.05, 3.63) is 16.3 Å². The number of hydrogen-bond acceptors (Lipinski definition) is 4. The highest BCUT2D eigenvalue weighted by Gasteiger charge is 2.28. The molecule has 1 aromatic heterocycles. The first-order chi connectivity index (χ1) is 11.7. The van der Waals surface area contributed by atoms with Crippen LogP contribution in [0.25, 0.3) is 0 Å². The van der Waals surface area contributed by atoms with Crippen molar-refractivity contribution in [2.75, 3.05) is 19.6 Å². The molecular weight excluding hydrogens is 306 g/mol. The zero-order valence-electron chi connectivity index (χ0n) is 14.4. The summed E-state index contributed by atoms with van der Waals surface area (Å²) >= 11 is 0. The summed E-state index contributed by atoms with van der Waals surface area (Å²) in [5, 5.41) is 9.02. The highest BCUT2D eigenvalue weighted by Crippen LogP contribution is 2.26. The van der Waals surface area contributed by atoms with E-state index in [0.717, 1.165) is 32.1 Å². The standard InChI is InChI=1S/C17H29N5O2/c23-16(10-15-19-17(24)21-20-15)18-11-13-8-9-22(12-13)14-6-4-2-1-3-5-7-14/h13-14H,1-12H2,(H,18,23)(H2,19,20,21,24)/t13-/m0/s1. The van der Waals surface area contributed by atoms with Gasteiger partial charge in [0.05, 0.1) is 6.42 Å². The summed E-state index contributed by atoms with van der Waals surface area (Å²) < 4.78 is 0. The first-order valence-electron chi connectivity index (χ1n) is 9.35. The van der Waals surface area contributed by atoms with Gasteiger partial charge in [0.1, 0.15) is 5.82 Å². The Morgan fingerprint density at radius 2 is 1.92 bits per heavy atom. The van der Waals surface area contributed by atoms with Crippen molar-refractivity contribution in [1.29, 1.82) is 0 Å². The van der Waals surface area contributed by atoms with Gasteiger partial charge in [-0.15, -0.1) is 0 Å². The Bertz CT molecular complexity index is 574. The summed E-state index contributed by atoms with van der Waals surface area (Å²) in [6.07, 6.45) is 10.9. The lowest BCUT2D eigenvalue weighted by molar-refractivity contribution is -0.120. The van der Waals surface area contributed by atoms with E-state index < -0.39 is 0 Å². The number of carbonyl (C=O) groups is 1. The Morgan fingerprint density at radius 1 is 1.17 bits per heavy atom. The van der Waals surface area contributed by atoms with E-state index in [-0.39, 0.29) is 18.0 Å². The van der Waals surface area contributed by atoms with Crippen LogP contribution < -0.4 is 11.0 Å². The summed E-state index contributed by atoms with van der Waals surface area (Å²) in [7, 11) is 0. The van der Waals surface area contributed by atoms with Crippen molar-refractivity contribution in [3.8, 4) is 0 Å². The van der Waals surface area contributed by atoms with Crippen LogP contribution in [0.2, 0.25) is 0 Å². The van der Waals surface area contributed by atoms with Crippen LogP contribution in [0.3, 0.4) is 0 Å². The van der Waals surface area contributed by atoms with Crippen LogP contribution >= 0.6 is 0 Å². The van der Waals surface area contributed by atoms with Crippen LogP contribution in [0, 0.1) is 5.92 Å². The second-order valence-corrected chi connectivity index (χ2v) is 7.25. The van der Waals surface area contributed by atoms with Crippen LogP contribution in [0.1, 0.15) is 57.2 Å². The van der Waals surface area contributed by atoms with Crippen molar-refractivity contribution in [2.24, 2.45) is 5.92 Å². The number of hydrogen-bond donors (Lipinski definition) is 3. The maximum absolute atomic E-state index is 11.9. The highest BCUT2D eigenvalue weighted by atomic mass is 16.2. The topological polar surface area (TPSA) is 93.9 Å². The lowest BCUT2D eigenvalue weighted by Gasteiger charge is -2.29. The lowest BCUT2D eigenvalue weighted by Crippen LogP contribution is -2.36. The van der Waals surface area contributed by atoms with Crippen molar-refractivity contribution < 1.29 is 4.79 Å². The molecule has 1 saturated heterocycles. The Balaban J connectivity index is 1.39. The second-order valence-electron chi connectivity index (χ2n) is 7.25. The molecule has 1 amide bonds. The molecule has 0 spiro atoms. The van der Waals surface area contributed by atoms with Crippen molar-refractivity contribution in [3.63, 3.8) is 0 Å². The van der Waals surface area contributed by atoms with E-state index in [1.165, 1.54) is 44.9 Å². The number of carbonyl (C=O) groups excluding carboxylic acids is 1. The summed E-state index contributed by atoms with van der Waals surface area (Å²) in [6.45, 7) is 2.98. The van der Waals surface area contributed by atoms with E-state index in [4.69, 9.17) is 0 Å². The van der Waals surface area contributed by atoms with Gasteiger partial charge in [0.25, 0.3) is 0 Å². The Labute approximate surface area is 142 Å². The van der Waals surface area contributed by atoms with Gasteiger partial charge in [0.15, 0.2) is 0 Å². The smallest absolute Gasteiger partial charge is 0.340 e. The number of likely N-dealkylation sites (tertiary alicyclic amines) is 1. The second kappa shape index (κ2) is 8.46. The number of nitrogens with zero attached hydrogens (tertiary/aromatic N) is 2. The number of nitrogens with one attached hydrogen (secondary N) is 3. The summed E-state index contributed by atoms with van der Waals surface area (Å²) in [5.74, 6) is 0.847. The predicted octanol–water partition coefficient (Wildman–Crippen LogP) is 1.19. The van der Waals surface area contributed by atoms with Gasteiger partial charge in [0, 0.05) is 19.1 Å². The molecule has 2 fully saturated rings. The minimum absolute atomic E-state index is 0.0813. The first-order valence-corrected chi connectivity index (χ1v) is 9.35. The highest BCUT2D eigenvalue weighted by molar-refractivity contribution is 5.77. The molecule has 7 heteroatoms. The van der Waals surface area contributed by atoms with Crippen molar-refractivity contribution in [2.45, 2.75) is 63.8 Å². The minimum atomic E-state index is -0.372. The molecule has 0 bridgehead atoms. The number of amides is 1. The summed E-state index contributed by atoms with van der Waals surface area (Å²) in [6, 6.07) is 0.750. The van der Waals surface area contributed by atoms with E-state index >= 15 is 0 Å². The number of aromatic amines is 2. The predicted molar refractivity (Wildman–Crippen MR) is 91.7 cm³/mol. The van der Waals surface area contributed by atoms with Crippen molar-refractivity contribution >= 4 is 5.91 Å². The molecule has 134 valence electrons. The largest absolute Gasteiger partial charge is 0.355 e. The molecule has 2 aliphatic rings. The fraction of sp³-hybridized carbons (Fsp3) is 0.824. The quantitative estimate of drug-likeness (QED) is 0.753. The van der Waals surface area contributed by atoms with Crippen LogP contribution in [-0.2, 0) is 11.2 Å². The minimum Gasteiger partial charge on any atom is -0.355 e. The van der Waals surface area contributed by atoms with Crippen LogP contribution in [0.5, 0.6) is 0 Å². The molecular formula is C17H29N5O2. The van der Waals surface area contributed by atoms with Crippen molar-refractivity contribution in [1.82, 2.24) is 25.4 Å². The molecule has 1 saturated carbocycles. The lowest BCUT2D eigenvalue weighted by atomic mass is 9.96. The van der Waals surface area contributed by atoms with E-state index in [2.05, 4.69) is 25.4 Å². The molecule has 7 nitrogen and oxygen atoms in total. The molecule has 2 heterocycles. The molecule has 0 aromatic carbocycles. The average molecular weight is 335 g/mol. The fourth-order valence-corrected chi connectivity index (χ4v) is 4.02. The normalized spacial score (nSPS) is 23.8. The first kappa shape index (κ1) is 17.2. The molecule has 0 radical (unpaired) electrons. The zero-order valence-corrected chi connectivity index (χ0v) is 14.4. The molecule has 1 atom stereocenters. The monoisotopic (exact) mass is 335 g/mol. The van der Waals surface area contributed by atoms with Gasteiger partial charge in [-0.05, 0) is 31.7 Å². The Morgan fingerprint density at radius 3 is 2.62 bits per heavy atom. The van der Waals surface area contributed by atoms with Crippen LogP contribution in [-0.4, -0.2) is 51.7 Å². The van der Waals surface area contributed by atoms with Crippen LogP contribution in [0.15, 0.2) is 4.79 Å². The molecule has 3 rings (SSSR count). The maximum Gasteiger partial charge on any atom is 0.340 e. The van der Waals surface area contributed by atoms with Gasteiger partial charge >= 0.3 is 5.69 Å². The number of rotatable bonds is 5. The van der Waals surface area contributed by atoms with Gasteiger partial charge in [0.2, 0.25) is 5.91 Å². The molecule has 1 aliphatic heterocycles. The van der Waals surface area contributed by atoms with E-state index in [1.807, 2.05) is 0 Å². The average Bonchev–Trinajstić information content (AvgIpc) is 3.14. The van der Waals surface area contributed by atoms with Gasteiger partial charge < -0.3 is 10.2 Å². The molecule has 24 heavy (non-hydrogen) atoms. The Hall–Kier alpha value is -1.63. The summed E-state index contributed by atoms with van der Waals surface area (Å²) in [5.41, 5.74) is -0.372. The van der Waals surface area contributed by atoms with Gasteiger partial charge in [-0.3, -0.25) is 9.78 Å². The van der Waals surface area contributed by atoms with Gasteiger partial charge in [-0.2, -0.15) is 5.10 Å². The molecule has 1 aromatic rings. The maximum atomic E-state index is 11.9. The van der Waals surface area contributed by atoms with Gasteiger partial charge in [-0.25, -0.2) is 9.89 Å². The van der Waals surface area contributed by atoms with Gasteiger partial charge in [-0.1, -0.05) is 32.1 Å². The summed E-state index contributed by atoms with van der Waals surface area (Å²) in [4.78, 5) is 28.1. The third-order valence-electron chi connectivity index (χ3n) is 5.37. The SMILES string of the molecule is O=C(Cc1n[nH]c(=O)[nH]1)NC[C@@H]1CCN(C2CCCCCCC2)C1. The Kier molecular flexibility index (Phi) is 6.07. The molecule has 3 N–H and O–H groups in total. The fourth-order valence-electron chi connectivity index (χ4n) is 4.02. The third-order valence-corrected chi connectivity index (χ3v) is 5.37. The van der Waals surface area contributed by atoms with E-state index in [0.29, 0.717) is 11.7 Å². The van der Waals surface area contributed by atoms with E-state index in [9.17, 15) is 9.59 Å².